The highest BCUT2D eigenvalue weighted by Gasteiger charge is 2.29. The van der Waals surface area contributed by atoms with Gasteiger partial charge in [-0.2, -0.15) is 0 Å². The largest absolute Gasteiger partial charge is 0.505 e. The molecule has 0 aliphatic carbocycles. The minimum Gasteiger partial charge on any atom is -0.505 e. The van der Waals surface area contributed by atoms with Gasteiger partial charge in [-0.3, -0.25) is 10.2 Å². The Bertz CT molecular complexity index is 816. The molecule has 1 atom stereocenters. The van der Waals surface area contributed by atoms with E-state index in [2.05, 4.69) is 5.32 Å². The lowest BCUT2D eigenvalue weighted by Gasteiger charge is -2.19. The molecule has 2 aromatic carbocycles. The number of carbonyl (C=O) groups excluding carboxylic acids is 1. The molecule has 0 fully saturated rings. The van der Waals surface area contributed by atoms with E-state index in [9.17, 15) is 18.7 Å². The number of hydrogen-bond acceptors (Lipinski definition) is 4. The van der Waals surface area contributed by atoms with Crippen LogP contribution in [0.3, 0.4) is 0 Å². The van der Waals surface area contributed by atoms with Crippen LogP contribution in [0.25, 0.3) is 0 Å². The van der Waals surface area contributed by atoms with Crippen LogP contribution in [-0.4, -0.2) is 23.5 Å². The van der Waals surface area contributed by atoms with Crippen molar-refractivity contribution in [3.05, 3.63) is 64.7 Å². The molecule has 9 heteroatoms. The molecule has 146 valence electrons. The second kappa shape index (κ2) is 9.84. The minimum atomic E-state index is -1.54. The molecule has 0 unspecified atom stereocenters. The first-order chi connectivity index (χ1) is 12.3. The Hall–Kier alpha value is -2.71. The van der Waals surface area contributed by atoms with Gasteiger partial charge in [-0.15, -0.1) is 12.4 Å². The molecule has 2 rings (SSSR count). The summed E-state index contributed by atoms with van der Waals surface area (Å²) in [6, 6.07) is 8.32. The Kier molecular flexibility index (Phi) is 8.14. The number of rotatable bonds is 7. The molecule has 0 bridgehead atoms. The van der Waals surface area contributed by atoms with Crippen LogP contribution in [0.1, 0.15) is 29.7 Å². The van der Waals surface area contributed by atoms with Crippen LogP contribution in [0.2, 0.25) is 0 Å². The minimum absolute atomic E-state index is 0. The summed E-state index contributed by atoms with van der Waals surface area (Å²) >= 11 is 0. The van der Waals surface area contributed by atoms with Gasteiger partial charge < -0.3 is 20.9 Å². The van der Waals surface area contributed by atoms with E-state index < -0.39 is 35.0 Å². The number of halogens is 3. The van der Waals surface area contributed by atoms with Crippen molar-refractivity contribution in [2.24, 2.45) is 5.73 Å². The molecule has 5 N–H and O–H groups in total. The fourth-order valence-electron chi connectivity index (χ4n) is 2.34. The van der Waals surface area contributed by atoms with E-state index in [0.29, 0.717) is 11.1 Å². The Morgan fingerprint density at radius 3 is 2.44 bits per heavy atom. The number of carbonyl (C=O) groups is 1. The monoisotopic (exact) mass is 399 g/mol. The van der Waals surface area contributed by atoms with Crippen molar-refractivity contribution >= 4 is 24.1 Å². The second-order valence-electron chi connectivity index (χ2n) is 5.46. The summed E-state index contributed by atoms with van der Waals surface area (Å²) in [5.41, 5.74) is 5.97. The number of amidine groups is 1. The van der Waals surface area contributed by atoms with Gasteiger partial charge in [-0.05, 0) is 24.6 Å². The van der Waals surface area contributed by atoms with Crippen LogP contribution >= 0.6 is 12.4 Å². The van der Waals surface area contributed by atoms with E-state index >= 15 is 0 Å². The van der Waals surface area contributed by atoms with Gasteiger partial charge in [0, 0.05) is 18.7 Å². The number of amides is 1. The van der Waals surface area contributed by atoms with Crippen molar-refractivity contribution in [2.75, 3.05) is 6.61 Å². The van der Waals surface area contributed by atoms with Crippen LogP contribution in [0.5, 0.6) is 5.75 Å². The summed E-state index contributed by atoms with van der Waals surface area (Å²) in [6.07, 6.45) is -1.54. The zero-order valence-corrected chi connectivity index (χ0v) is 15.3. The number of hydrogen-bond donors (Lipinski definition) is 4. The van der Waals surface area contributed by atoms with Crippen LogP contribution in [-0.2, 0) is 16.1 Å². The Labute approximate surface area is 161 Å². The Morgan fingerprint density at radius 2 is 1.89 bits per heavy atom. The van der Waals surface area contributed by atoms with E-state index in [1.165, 1.54) is 0 Å². The zero-order chi connectivity index (χ0) is 19.3. The third-order valence-corrected chi connectivity index (χ3v) is 3.67. The smallest absolute Gasteiger partial charge is 0.254 e. The van der Waals surface area contributed by atoms with Crippen LogP contribution in [0, 0.1) is 17.0 Å². The standard InChI is InChI=1S/C18H19F2N3O3.ClH/c1-2-26-16(14-12(19)7-8-13(24)15(14)20)18(25)23-9-10-3-5-11(6-4-10)17(21)22;/h3-8,16,24H,2,9H2,1H3,(H3,21,22)(H,23,25);1H/t16-;/m0./s1. The molecule has 0 heterocycles. The number of phenolic OH excluding ortho intramolecular Hbond substituents is 1. The van der Waals surface area contributed by atoms with E-state index in [0.717, 1.165) is 12.1 Å². The zero-order valence-electron chi connectivity index (χ0n) is 14.5. The predicted molar refractivity (Wildman–Crippen MR) is 98.9 cm³/mol. The topological polar surface area (TPSA) is 108 Å². The maximum atomic E-state index is 14.1. The fraction of sp³-hybridized carbons (Fsp3) is 0.222. The molecule has 1 amide bonds. The van der Waals surface area contributed by atoms with Crippen LogP contribution in [0.4, 0.5) is 8.78 Å². The van der Waals surface area contributed by atoms with Gasteiger partial charge >= 0.3 is 0 Å². The summed E-state index contributed by atoms with van der Waals surface area (Å²) in [4.78, 5) is 12.4. The van der Waals surface area contributed by atoms with E-state index in [1.54, 1.807) is 31.2 Å². The third kappa shape index (κ3) is 5.38. The maximum absolute atomic E-state index is 14.1. The van der Waals surface area contributed by atoms with E-state index in [4.69, 9.17) is 15.9 Å². The first-order valence-electron chi connectivity index (χ1n) is 7.84. The van der Waals surface area contributed by atoms with Crippen molar-refractivity contribution in [3.63, 3.8) is 0 Å². The number of aromatic hydroxyl groups is 1. The Balaban J connectivity index is 0.00000364. The molecule has 6 nitrogen and oxygen atoms in total. The van der Waals surface area contributed by atoms with E-state index in [1.807, 2.05) is 0 Å². The summed E-state index contributed by atoms with van der Waals surface area (Å²) in [6.45, 7) is 1.71. The first kappa shape index (κ1) is 22.3. The van der Waals surface area contributed by atoms with E-state index in [-0.39, 0.29) is 31.4 Å². The van der Waals surface area contributed by atoms with Gasteiger partial charge in [0.2, 0.25) is 0 Å². The highest BCUT2D eigenvalue weighted by atomic mass is 35.5. The highest BCUT2D eigenvalue weighted by Crippen LogP contribution is 2.29. The number of phenols is 1. The normalized spacial score (nSPS) is 11.4. The van der Waals surface area contributed by atoms with Gasteiger partial charge in [0.05, 0.1) is 5.56 Å². The fourth-order valence-corrected chi connectivity index (χ4v) is 2.34. The lowest BCUT2D eigenvalue weighted by atomic mass is 10.1. The van der Waals surface area contributed by atoms with Gasteiger partial charge in [0.1, 0.15) is 11.7 Å². The molecule has 0 aliphatic heterocycles. The third-order valence-electron chi connectivity index (χ3n) is 3.67. The average Bonchev–Trinajstić information content (AvgIpc) is 2.62. The number of nitrogens with two attached hydrogens (primary N) is 1. The van der Waals surface area contributed by atoms with Gasteiger partial charge in [-0.25, -0.2) is 8.78 Å². The van der Waals surface area contributed by atoms with Crippen LogP contribution < -0.4 is 11.1 Å². The lowest BCUT2D eigenvalue weighted by Crippen LogP contribution is -2.31. The molecular weight excluding hydrogens is 380 g/mol. The van der Waals surface area contributed by atoms with Gasteiger partial charge in [-0.1, -0.05) is 24.3 Å². The number of ether oxygens (including phenoxy) is 1. The van der Waals surface area contributed by atoms with Crippen molar-refractivity contribution in [1.29, 1.82) is 5.41 Å². The molecular formula is C18H20ClF2N3O3. The van der Waals surface area contributed by atoms with Crippen molar-refractivity contribution < 1.29 is 23.4 Å². The summed E-state index contributed by atoms with van der Waals surface area (Å²) in [5, 5.41) is 19.3. The van der Waals surface area contributed by atoms with Crippen molar-refractivity contribution in [3.8, 4) is 5.75 Å². The molecule has 0 radical (unpaired) electrons. The lowest BCUT2D eigenvalue weighted by molar-refractivity contribution is -0.133. The van der Waals surface area contributed by atoms with Gasteiger partial charge in [0.15, 0.2) is 17.7 Å². The number of benzene rings is 2. The maximum Gasteiger partial charge on any atom is 0.254 e. The molecule has 0 aliphatic rings. The summed E-state index contributed by atoms with van der Waals surface area (Å²) in [7, 11) is 0. The number of nitrogen functional groups attached to an aromatic ring is 1. The molecule has 0 saturated carbocycles. The quantitative estimate of drug-likeness (QED) is 0.424. The first-order valence-corrected chi connectivity index (χ1v) is 7.84. The number of nitrogens with one attached hydrogen (secondary N) is 2. The highest BCUT2D eigenvalue weighted by molar-refractivity contribution is 5.94. The predicted octanol–water partition coefficient (Wildman–Crippen LogP) is 2.77. The molecule has 0 aromatic heterocycles. The molecule has 0 spiro atoms. The molecule has 0 saturated heterocycles. The van der Waals surface area contributed by atoms with Crippen molar-refractivity contribution in [1.82, 2.24) is 5.32 Å². The van der Waals surface area contributed by atoms with Crippen LogP contribution in [0.15, 0.2) is 36.4 Å². The summed E-state index contributed by atoms with van der Waals surface area (Å²) < 4.78 is 33.3. The van der Waals surface area contributed by atoms with Gasteiger partial charge in [0.25, 0.3) is 5.91 Å². The molecule has 27 heavy (non-hydrogen) atoms. The summed E-state index contributed by atoms with van der Waals surface area (Å²) in [5.74, 6) is -3.81. The SMILES string of the molecule is CCO[C@H](C(=O)NCc1ccc(C(=N)N)cc1)c1c(F)ccc(O)c1F.Cl. The second-order valence-corrected chi connectivity index (χ2v) is 5.46. The van der Waals surface area contributed by atoms with Crippen molar-refractivity contribution in [2.45, 2.75) is 19.6 Å². The molecule has 2 aromatic rings. The Morgan fingerprint density at radius 1 is 1.26 bits per heavy atom. The average molecular weight is 400 g/mol.